The van der Waals surface area contributed by atoms with Crippen molar-refractivity contribution in [1.82, 2.24) is 9.88 Å². The number of ketones is 1. The molecule has 1 saturated carbocycles. The van der Waals surface area contributed by atoms with Crippen molar-refractivity contribution in [3.05, 3.63) is 28.0 Å². The van der Waals surface area contributed by atoms with Crippen LogP contribution in [0.5, 0.6) is 0 Å². The van der Waals surface area contributed by atoms with E-state index in [1.807, 2.05) is 19.1 Å². The highest BCUT2D eigenvalue weighted by atomic mass is 79.9. The average molecular weight is 425 g/mol. The highest BCUT2D eigenvalue weighted by Gasteiger charge is 2.67. The first-order chi connectivity index (χ1) is 12.1. The van der Waals surface area contributed by atoms with Crippen molar-refractivity contribution in [3.8, 4) is 0 Å². The number of aliphatic hydroxyl groups excluding tert-OH is 1. The van der Waals surface area contributed by atoms with E-state index in [2.05, 4.69) is 20.9 Å². The van der Waals surface area contributed by atoms with E-state index in [0.717, 1.165) is 12.0 Å². The molecule has 2 unspecified atom stereocenters. The van der Waals surface area contributed by atoms with Gasteiger partial charge in [0.25, 0.3) is 0 Å². The number of aryl methyl sites for hydroxylation is 1. The van der Waals surface area contributed by atoms with Crippen molar-refractivity contribution >= 4 is 27.8 Å². The van der Waals surface area contributed by atoms with Gasteiger partial charge in [0.15, 0.2) is 5.78 Å². The number of pyridine rings is 1. The van der Waals surface area contributed by atoms with Gasteiger partial charge in [0.2, 0.25) is 0 Å². The van der Waals surface area contributed by atoms with Crippen LogP contribution in [-0.2, 0) is 16.0 Å². The summed E-state index contributed by atoms with van der Waals surface area (Å²) in [7, 11) is 0. The Balaban J connectivity index is 1.81. The van der Waals surface area contributed by atoms with Crippen LogP contribution in [0.15, 0.2) is 16.7 Å². The summed E-state index contributed by atoms with van der Waals surface area (Å²) in [6.45, 7) is 7.31. The van der Waals surface area contributed by atoms with E-state index in [-0.39, 0.29) is 30.3 Å². The van der Waals surface area contributed by atoms with Crippen molar-refractivity contribution in [1.29, 1.82) is 0 Å². The first-order valence-corrected chi connectivity index (χ1v) is 9.62. The summed E-state index contributed by atoms with van der Waals surface area (Å²) in [5.74, 6) is -0.0652. The minimum atomic E-state index is -0.632. The van der Waals surface area contributed by atoms with Gasteiger partial charge in [0, 0.05) is 11.5 Å². The molecule has 3 rings (SSSR count). The van der Waals surface area contributed by atoms with E-state index in [9.17, 15) is 14.7 Å². The molecule has 2 aliphatic rings. The molecule has 1 aliphatic heterocycles. The Labute approximate surface area is 162 Å². The number of Topliss-reactive ketones (excluding diaryl/α,β-unsaturated/α-hetero) is 1. The monoisotopic (exact) mass is 424 g/mol. The van der Waals surface area contributed by atoms with Gasteiger partial charge in [-0.2, -0.15) is 0 Å². The van der Waals surface area contributed by atoms with E-state index in [0.29, 0.717) is 16.7 Å². The molecule has 1 N–H and O–H groups in total. The topological polar surface area (TPSA) is 79.7 Å². The molecule has 0 spiro atoms. The number of amides is 1. The van der Waals surface area contributed by atoms with Crippen LogP contribution in [0, 0.1) is 12.3 Å². The number of hydrogen-bond acceptors (Lipinski definition) is 5. The number of halogens is 1. The van der Waals surface area contributed by atoms with E-state index >= 15 is 0 Å². The molecule has 1 aromatic heterocycles. The van der Waals surface area contributed by atoms with Crippen LogP contribution in [-0.4, -0.2) is 51.2 Å². The van der Waals surface area contributed by atoms with Crippen LogP contribution in [0.2, 0.25) is 0 Å². The van der Waals surface area contributed by atoms with Gasteiger partial charge in [0.1, 0.15) is 10.2 Å². The van der Waals surface area contributed by atoms with Crippen LogP contribution in [0.3, 0.4) is 0 Å². The summed E-state index contributed by atoms with van der Waals surface area (Å²) < 4.78 is 6.19. The molecule has 1 aliphatic carbocycles. The molecule has 2 fully saturated rings. The number of ether oxygens (including phenoxy) is 1. The standard InChI is InChI=1S/C19H25BrN2O4/c1-11-5-6-16(20)21-12(11)7-14(24)13-8-19(10-23)9-15(19)22(13)17(25)26-18(2,3)4/h5-6,13,15,23H,7-10H2,1-4H3/t13-,15?,19?/m0/s1. The molecule has 7 heteroatoms. The lowest BCUT2D eigenvalue weighted by molar-refractivity contribution is -0.123. The maximum absolute atomic E-state index is 13.0. The second-order valence-electron chi connectivity index (χ2n) is 8.39. The summed E-state index contributed by atoms with van der Waals surface area (Å²) >= 11 is 3.33. The lowest BCUT2D eigenvalue weighted by atomic mass is 9.95. The van der Waals surface area contributed by atoms with Crippen molar-refractivity contribution in [2.24, 2.45) is 5.41 Å². The van der Waals surface area contributed by atoms with Crippen LogP contribution in [0.1, 0.15) is 44.9 Å². The molecule has 6 nitrogen and oxygen atoms in total. The Morgan fingerprint density at radius 1 is 1.38 bits per heavy atom. The van der Waals surface area contributed by atoms with Gasteiger partial charge in [-0.05, 0) is 68.1 Å². The Bertz CT molecular complexity index is 746. The number of piperidine rings is 1. The summed E-state index contributed by atoms with van der Waals surface area (Å²) in [6.07, 6.45) is 0.885. The van der Waals surface area contributed by atoms with Gasteiger partial charge in [-0.1, -0.05) is 6.07 Å². The minimum Gasteiger partial charge on any atom is -0.444 e. The van der Waals surface area contributed by atoms with Gasteiger partial charge in [0.05, 0.1) is 24.8 Å². The molecule has 1 saturated heterocycles. The molecule has 142 valence electrons. The number of nitrogens with zero attached hydrogens (tertiary/aromatic N) is 2. The minimum absolute atomic E-state index is 0.0189. The largest absolute Gasteiger partial charge is 0.444 e. The molecular weight excluding hydrogens is 400 g/mol. The van der Waals surface area contributed by atoms with E-state index in [4.69, 9.17) is 4.74 Å². The fraction of sp³-hybridized carbons (Fsp3) is 0.632. The first kappa shape index (κ1) is 19.3. The number of carbonyl (C=O) groups is 2. The number of rotatable bonds is 4. The predicted molar refractivity (Wildman–Crippen MR) is 99.8 cm³/mol. The molecule has 2 heterocycles. The quantitative estimate of drug-likeness (QED) is 0.751. The molecule has 26 heavy (non-hydrogen) atoms. The molecule has 0 radical (unpaired) electrons. The normalized spacial score (nSPS) is 27.2. The molecule has 0 aromatic carbocycles. The fourth-order valence-electron chi connectivity index (χ4n) is 3.72. The third kappa shape index (κ3) is 3.64. The van der Waals surface area contributed by atoms with Crippen LogP contribution >= 0.6 is 15.9 Å². The third-order valence-corrected chi connectivity index (χ3v) is 5.66. The number of hydrogen-bond donors (Lipinski definition) is 1. The van der Waals surface area contributed by atoms with Crippen molar-refractivity contribution < 1.29 is 19.4 Å². The highest BCUT2D eigenvalue weighted by molar-refractivity contribution is 9.10. The third-order valence-electron chi connectivity index (χ3n) is 5.22. The zero-order chi connectivity index (χ0) is 19.3. The number of fused-ring (bicyclic) bond motifs is 1. The van der Waals surface area contributed by atoms with Crippen LogP contribution < -0.4 is 0 Å². The zero-order valence-electron chi connectivity index (χ0n) is 15.6. The molecular formula is C19H25BrN2O4. The van der Waals surface area contributed by atoms with Crippen LogP contribution in [0.25, 0.3) is 0 Å². The predicted octanol–water partition coefficient (Wildman–Crippen LogP) is 3.02. The van der Waals surface area contributed by atoms with Crippen molar-refractivity contribution in [2.75, 3.05) is 6.61 Å². The lowest BCUT2D eigenvalue weighted by Crippen LogP contribution is -2.46. The zero-order valence-corrected chi connectivity index (χ0v) is 17.2. The number of carbonyl (C=O) groups excluding carboxylic acids is 2. The van der Waals surface area contributed by atoms with E-state index in [1.54, 1.807) is 25.7 Å². The number of likely N-dealkylation sites (tertiary alicyclic amines) is 1. The van der Waals surface area contributed by atoms with E-state index in [1.165, 1.54) is 0 Å². The number of aromatic nitrogens is 1. The van der Waals surface area contributed by atoms with Gasteiger partial charge in [-0.3, -0.25) is 9.69 Å². The highest BCUT2D eigenvalue weighted by Crippen LogP contribution is 2.59. The maximum Gasteiger partial charge on any atom is 0.411 e. The summed E-state index contributed by atoms with van der Waals surface area (Å²) in [5.41, 5.74) is 0.654. The summed E-state index contributed by atoms with van der Waals surface area (Å²) in [6, 6.07) is 3.05. The first-order valence-electron chi connectivity index (χ1n) is 8.83. The van der Waals surface area contributed by atoms with E-state index < -0.39 is 17.7 Å². The lowest BCUT2D eigenvalue weighted by Gasteiger charge is -2.29. The Morgan fingerprint density at radius 3 is 2.69 bits per heavy atom. The van der Waals surface area contributed by atoms with Crippen molar-refractivity contribution in [3.63, 3.8) is 0 Å². The summed E-state index contributed by atoms with van der Waals surface area (Å²) in [4.78, 5) is 31.6. The maximum atomic E-state index is 13.0. The summed E-state index contributed by atoms with van der Waals surface area (Å²) in [5, 5.41) is 9.76. The van der Waals surface area contributed by atoms with Gasteiger partial charge < -0.3 is 9.84 Å². The molecule has 1 aromatic rings. The Hall–Kier alpha value is -1.47. The van der Waals surface area contributed by atoms with Gasteiger partial charge in [-0.15, -0.1) is 0 Å². The second-order valence-corrected chi connectivity index (χ2v) is 9.20. The molecule has 0 bridgehead atoms. The fourth-order valence-corrected chi connectivity index (χ4v) is 4.06. The number of aliphatic hydroxyl groups is 1. The van der Waals surface area contributed by atoms with Crippen LogP contribution in [0.4, 0.5) is 4.79 Å². The second kappa shape index (κ2) is 6.60. The Kier molecular flexibility index (Phi) is 4.90. The SMILES string of the molecule is Cc1ccc(Br)nc1CC(=O)[C@@H]1CC2(CO)CC2N1C(=O)OC(C)(C)C. The van der Waals surface area contributed by atoms with Gasteiger partial charge >= 0.3 is 6.09 Å². The molecule has 1 amide bonds. The smallest absolute Gasteiger partial charge is 0.411 e. The molecule has 3 atom stereocenters. The van der Waals surface area contributed by atoms with Gasteiger partial charge in [-0.25, -0.2) is 9.78 Å². The Morgan fingerprint density at radius 2 is 2.08 bits per heavy atom. The average Bonchev–Trinajstić information content (AvgIpc) is 3.14. The van der Waals surface area contributed by atoms with Crippen molar-refractivity contribution in [2.45, 2.75) is 64.6 Å².